The molecule has 1 saturated carbocycles. The lowest BCUT2D eigenvalue weighted by Gasteiger charge is -2.23. The zero-order valence-electron chi connectivity index (χ0n) is 8.45. The summed E-state index contributed by atoms with van der Waals surface area (Å²) in [6.45, 7) is 0. The molecule has 2 aliphatic heterocycles. The molecule has 0 aromatic heterocycles. The average Bonchev–Trinajstić information content (AvgIpc) is 3.00. The van der Waals surface area contributed by atoms with Crippen molar-refractivity contribution in [1.82, 2.24) is 0 Å². The van der Waals surface area contributed by atoms with E-state index >= 15 is 0 Å². The summed E-state index contributed by atoms with van der Waals surface area (Å²) in [6.07, 6.45) is 7.72. The number of hydrogen-bond donors (Lipinski definition) is 1. The van der Waals surface area contributed by atoms with E-state index in [4.69, 9.17) is 0 Å². The fourth-order valence-corrected chi connectivity index (χ4v) is 5.00. The summed E-state index contributed by atoms with van der Waals surface area (Å²) in [7, 11) is 0. The molecule has 0 spiro atoms. The molecule has 80 valence electrons. The first-order valence-corrected chi connectivity index (χ1v) is 7.69. The van der Waals surface area contributed by atoms with Crippen LogP contribution in [0.5, 0.6) is 0 Å². The quantitative estimate of drug-likeness (QED) is 0.750. The van der Waals surface area contributed by atoms with Gasteiger partial charge in [0, 0.05) is 21.0 Å². The Morgan fingerprint density at radius 2 is 2.29 bits per heavy atom. The highest BCUT2D eigenvalue weighted by atomic mass is 32.2. The molecule has 3 aliphatic rings. The van der Waals surface area contributed by atoms with Gasteiger partial charge in [-0.2, -0.15) is 11.8 Å². The van der Waals surface area contributed by atoms with Gasteiger partial charge in [-0.15, -0.1) is 11.8 Å². The van der Waals surface area contributed by atoms with Crippen molar-refractivity contribution in [2.24, 2.45) is 0 Å². The number of fused-ring (bicyclic) bond motifs is 1. The zero-order valence-corrected chi connectivity index (χ0v) is 10.1. The van der Waals surface area contributed by atoms with Crippen LogP contribution in [0.15, 0.2) is 0 Å². The largest absolute Gasteiger partial charge is 0.393 e. The molecule has 2 saturated heterocycles. The van der Waals surface area contributed by atoms with Gasteiger partial charge in [0.1, 0.15) is 0 Å². The summed E-state index contributed by atoms with van der Waals surface area (Å²) in [5.41, 5.74) is 0. The molecule has 4 unspecified atom stereocenters. The Labute approximate surface area is 94.4 Å². The molecule has 2 heterocycles. The molecule has 3 rings (SSSR count). The van der Waals surface area contributed by atoms with Crippen molar-refractivity contribution in [2.75, 3.05) is 5.75 Å². The van der Waals surface area contributed by atoms with Crippen molar-refractivity contribution in [3.63, 3.8) is 0 Å². The number of hydrogen-bond acceptors (Lipinski definition) is 3. The van der Waals surface area contributed by atoms with Crippen LogP contribution >= 0.6 is 23.5 Å². The summed E-state index contributed by atoms with van der Waals surface area (Å²) in [4.78, 5) is 0. The smallest absolute Gasteiger partial charge is 0.0551 e. The van der Waals surface area contributed by atoms with Gasteiger partial charge in [-0.05, 0) is 32.1 Å². The summed E-state index contributed by atoms with van der Waals surface area (Å²) < 4.78 is 0.638. The highest BCUT2D eigenvalue weighted by Crippen LogP contribution is 2.64. The summed E-state index contributed by atoms with van der Waals surface area (Å²) in [5.74, 6) is 1.42. The van der Waals surface area contributed by atoms with Gasteiger partial charge in [0.2, 0.25) is 0 Å². The van der Waals surface area contributed by atoms with E-state index in [-0.39, 0.29) is 6.10 Å². The Morgan fingerprint density at radius 1 is 1.43 bits per heavy atom. The maximum Gasteiger partial charge on any atom is 0.0551 e. The summed E-state index contributed by atoms with van der Waals surface area (Å²) in [5, 5.41) is 11.4. The van der Waals surface area contributed by atoms with Crippen LogP contribution in [0.2, 0.25) is 0 Å². The molecule has 0 aromatic carbocycles. The first-order valence-electron chi connectivity index (χ1n) is 5.76. The number of aliphatic hydroxyl groups is 1. The van der Waals surface area contributed by atoms with Gasteiger partial charge < -0.3 is 5.11 Å². The van der Waals surface area contributed by atoms with E-state index in [1.165, 1.54) is 31.4 Å². The van der Waals surface area contributed by atoms with E-state index in [1.54, 1.807) is 0 Å². The topological polar surface area (TPSA) is 20.2 Å². The van der Waals surface area contributed by atoms with Crippen molar-refractivity contribution in [3.05, 3.63) is 0 Å². The highest BCUT2D eigenvalue weighted by molar-refractivity contribution is 8.08. The van der Waals surface area contributed by atoms with Crippen LogP contribution in [0.25, 0.3) is 0 Å². The SMILES string of the molecule is OC1CCC2(CCCC3CS3)SC2C1. The second-order valence-corrected chi connectivity index (χ2v) is 7.90. The van der Waals surface area contributed by atoms with E-state index in [2.05, 4.69) is 23.5 Å². The molecule has 1 nitrogen and oxygen atoms in total. The first kappa shape index (κ1) is 9.86. The maximum atomic E-state index is 9.53. The van der Waals surface area contributed by atoms with Gasteiger partial charge >= 0.3 is 0 Å². The van der Waals surface area contributed by atoms with Crippen LogP contribution < -0.4 is 0 Å². The van der Waals surface area contributed by atoms with Gasteiger partial charge in [-0.1, -0.05) is 6.42 Å². The predicted octanol–water partition coefficient (Wildman–Crippen LogP) is 2.67. The minimum atomic E-state index is 0.0158. The third kappa shape index (κ3) is 1.96. The lowest BCUT2D eigenvalue weighted by atomic mass is 9.84. The molecule has 3 fully saturated rings. The minimum absolute atomic E-state index is 0.0158. The Bertz CT molecular complexity index is 229. The summed E-state index contributed by atoms with van der Waals surface area (Å²) >= 11 is 4.28. The van der Waals surface area contributed by atoms with Crippen LogP contribution in [0.4, 0.5) is 0 Å². The monoisotopic (exact) mass is 230 g/mol. The van der Waals surface area contributed by atoms with E-state index in [0.29, 0.717) is 4.75 Å². The van der Waals surface area contributed by atoms with Gasteiger partial charge in [0.25, 0.3) is 0 Å². The van der Waals surface area contributed by atoms with E-state index in [0.717, 1.165) is 23.3 Å². The molecule has 0 bridgehead atoms. The Kier molecular flexibility index (Phi) is 2.53. The third-order valence-corrected chi connectivity index (χ3v) is 6.70. The van der Waals surface area contributed by atoms with Crippen LogP contribution in [0.3, 0.4) is 0 Å². The molecule has 0 radical (unpaired) electrons. The van der Waals surface area contributed by atoms with Gasteiger partial charge in [-0.25, -0.2) is 0 Å². The summed E-state index contributed by atoms with van der Waals surface area (Å²) in [6, 6.07) is 0. The van der Waals surface area contributed by atoms with Crippen molar-refractivity contribution in [1.29, 1.82) is 0 Å². The Hall–Kier alpha value is 0.660. The van der Waals surface area contributed by atoms with Crippen molar-refractivity contribution in [2.45, 2.75) is 59.9 Å². The van der Waals surface area contributed by atoms with Crippen LogP contribution in [-0.2, 0) is 0 Å². The van der Waals surface area contributed by atoms with Gasteiger partial charge in [-0.3, -0.25) is 0 Å². The predicted molar refractivity (Wildman–Crippen MR) is 64.1 cm³/mol. The molecule has 1 N–H and O–H groups in total. The fraction of sp³-hybridized carbons (Fsp3) is 1.00. The number of thioether (sulfide) groups is 2. The Morgan fingerprint density at radius 3 is 3.00 bits per heavy atom. The van der Waals surface area contributed by atoms with Crippen LogP contribution in [-0.4, -0.2) is 32.2 Å². The van der Waals surface area contributed by atoms with E-state index in [9.17, 15) is 5.11 Å². The number of rotatable bonds is 4. The molecule has 0 amide bonds. The van der Waals surface area contributed by atoms with Crippen LogP contribution in [0.1, 0.15) is 38.5 Å². The molecule has 14 heavy (non-hydrogen) atoms. The zero-order chi connectivity index (χ0) is 9.60. The average molecular weight is 230 g/mol. The van der Waals surface area contributed by atoms with Crippen molar-refractivity contribution < 1.29 is 5.11 Å². The number of aliphatic hydroxyl groups excluding tert-OH is 1. The first-order chi connectivity index (χ1) is 6.78. The second kappa shape index (κ2) is 3.60. The van der Waals surface area contributed by atoms with Crippen LogP contribution in [0, 0.1) is 0 Å². The van der Waals surface area contributed by atoms with Crippen molar-refractivity contribution >= 4 is 23.5 Å². The Balaban J connectivity index is 1.44. The van der Waals surface area contributed by atoms with Crippen molar-refractivity contribution in [3.8, 4) is 0 Å². The molecule has 0 aromatic rings. The minimum Gasteiger partial charge on any atom is -0.393 e. The standard InChI is InChI=1S/C11H18OS2/c12-8-3-5-11(10(6-8)14-11)4-1-2-9-7-13-9/h8-10,12H,1-7H2. The second-order valence-electron chi connectivity index (χ2n) is 4.95. The molecule has 1 aliphatic carbocycles. The molecule has 3 heteroatoms. The maximum absolute atomic E-state index is 9.53. The van der Waals surface area contributed by atoms with E-state index < -0.39 is 0 Å². The van der Waals surface area contributed by atoms with Gasteiger partial charge in [0.15, 0.2) is 0 Å². The lowest BCUT2D eigenvalue weighted by Crippen LogP contribution is -2.26. The van der Waals surface area contributed by atoms with E-state index in [1.807, 2.05) is 0 Å². The molecule has 4 atom stereocenters. The van der Waals surface area contributed by atoms with Gasteiger partial charge in [0.05, 0.1) is 6.10 Å². The normalized spacial score (nSPS) is 49.9. The molecular formula is C11H18OS2. The third-order valence-electron chi connectivity index (χ3n) is 3.82. The molecular weight excluding hydrogens is 212 g/mol. The fourth-order valence-electron chi connectivity index (χ4n) is 2.72. The lowest BCUT2D eigenvalue weighted by molar-refractivity contribution is 0.129. The highest BCUT2D eigenvalue weighted by Gasteiger charge is 2.56.